The summed E-state index contributed by atoms with van der Waals surface area (Å²) >= 11 is 0. The highest BCUT2D eigenvalue weighted by atomic mass is 16.5. The van der Waals surface area contributed by atoms with Crippen molar-refractivity contribution in [2.24, 2.45) is 9.98 Å². The summed E-state index contributed by atoms with van der Waals surface area (Å²) in [6, 6.07) is 29.4. The second kappa shape index (κ2) is 13.5. The molecule has 0 aliphatic heterocycles. The highest BCUT2D eigenvalue weighted by molar-refractivity contribution is 5.86. The van der Waals surface area contributed by atoms with E-state index < -0.39 is 0 Å². The zero-order valence-electron chi connectivity index (χ0n) is 20.5. The Morgan fingerprint density at radius 3 is 1.38 bits per heavy atom. The standard InChI is InChI=1S/C31H30N2O4/c34-28-16-6-2-12-24(28)22-32-26-14-4-8-18-30(26)36-20-10-1-11-21-37-31-19-9-5-15-27(31)33-23-25-13-3-7-17-29(25)35/h2-9,12-19,22-23,34-35H,1,10-11,20-21H2. The number of para-hydroxylation sites is 6. The zero-order chi connectivity index (χ0) is 25.7. The van der Waals surface area contributed by atoms with Crippen LogP contribution in [-0.2, 0) is 0 Å². The van der Waals surface area contributed by atoms with Crippen LogP contribution in [0.1, 0.15) is 30.4 Å². The van der Waals surface area contributed by atoms with Crippen LogP contribution in [0.4, 0.5) is 11.4 Å². The van der Waals surface area contributed by atoms with Crippen LogP contribution in [-0.4, -0.2) is 35.9 Å². The van der Waals surface area contributed by atoms with E-state index in [0.29, 0.717) is 35.8 Å². The molecule has 0 saturated heterocycles. The summed E-state index contributed by atoms with van der Waals surface area (Å²) in [4.78, 5) is 8.98. The quantitative estimate of drug-likeness (QED) is 0.161. The fraction of sp³-hybridized carbons (Fsp3) is 0.161. The third-order valence-electron chi connectivity index (χ3n) is 5.59. The molecule has 37 heavy (non-hydrogen) atoms. The van der Waals surface area contributed by atoms with Crippen LogP contribution >= 0.6 is 0 Å². The molecule has 0 aromatic heterocycles. The number of rotatable bonds is 12. The smallest absolute Gasteiger partial charge is 0.144 e. The first kappa shape index (κ1) is 25.5. The van der Waals surface area contributed by atoms with Gasteiger partial charge in [-0.15, -0.1) is 0 Å². The maximum Gasteiger partial charge on any atom is 0.144 e. The van der Waals surface area contributed by atoms with Gasteiger partial charge in [0.2, 0.25) is 0 Å². The molecule has 0 aliphatic rings. The van der Waals surface area contributed by atoms with Gasteiger partial charge in [-0.2, -0.15) is 0 Å². The van der Waals surface area contributed by atoms with Crippen LogP contribution in [0.15, 0.2) is 107 Å². The monoisotopic (exact) mass is 494 g/mol. The third-order valence-corrected chi connectivity index (χ3v) is 5.59. The molecule has 0 atom stereocenters. The molecule has 0 radical (unpaired) electrons. The number of ether oxygens (including phenoxy) is 2. The first-order valence-electron chi connectivity index (χ1n) is 12.3. The van der Waals surface area contributed by atoms with Crippen molar-refractivity contribution in [3.63, 3.8) is 0 Å². The summed E-state index contributed by atoms with van der Waals surface area (Å²) in [6.07, 6.45) is 5.99. The molecule has 188 valence electrons. The molecule has 2 N–H and O–H groups in total. The number of nitrogens with zero attached hydrogens (tertiary/aromatic N) is 2. The lowest BCUT2D eigenvalue weighted by Gasteiger charge is -2.10. The van der Waals surface area contributed by atoms with E-state index in [0.717, 1.165) is 30.6 Å². The predicted octanol–water partition coefficient (Wildman–Crippen LogP) is 7.23. The SMILES string of the molecule is Oc1ccccc1C=Nc1ccccc1OCCCCCOc1ccccc1N=Cc1ccccc1O. The van der Waals surface area contributed by atoms with E-state index >= 15 is 0 Å². The fourth-order valence-electron chi connectivity index (χ4n) is 3.59. The highest BCUT2D eigenvalue weighted by Crippen LogP contribution is 2.29. The van der Waals surface area contributed by atoms with Crippen molar-refractivity contribution < 1.29 is 19.7 Å². The number of phenolic OH excluding ortho intramolecular Hbond substituents is 2. The van der Waals surface area contributed by atoms with Crippen molar-refractivity contribution in [1.29, 1.82) is 0 Å². The molecule has 0 amide bonds. The van der Waals surface area contributed by atoms with E-state index in [1.165, 1.54) is 0 Å². The normalized spacial score (nSPS) is 11.2. The molecule has 4 aromatic carbocycles. The summed E-state index contributed by atoms with van der Waals surface area (Å²) in [6.45, 7) is 1.15. The van der Waals surface area contributed by atoms with E-state index in [2.05, 4.69) is 9.98 Å². The lowest BCUT2D eigenvalue weighted by Crippen LogP contribution is -2.01. The fourth-order valence-corrected chi connectivity index (χ4v) is 3.59. The predicted molar refractivity (Wildman–Crippen MR) is 148 cm³/mol. The molecule has 0 aliphatic carbocycles. The minimum absolute atomic E-state index is 0.191. The first-order chi connectivity index (χ1) is 18.2. The maximum absolute atomic E-state index is 9.93. The van der Waals surface area contributed by atoms with Crippen LogP contribution in [0.5, 0.6) is 23.0 Å². The summed E-state index contributed by atoms with van der Waals surface area (Å²) in [7, 11) is 0. The average Bonchev–Trinajstić information content (AvgIpc) is 2.93. The Morgan fingerprint density at radius 1 is 0.514 bits per heavy atom. The molecule has 4 rings (SSSR count). The summed E-state index contributed by atoms with van der Waals surface area (Å²) in [5.41, 5.74) is 2.75. The second-order valence-corrected chi connectivity index (χ2v) is 8.33. The minimum Gasteiger partial charge on any atom is -0.507 e. The van der Waals surface area contributed by atoms with Gasteiger partial charge in [-0.25, -0.2) is 0 Å². The molecule has 6 nitrogen and oxygen atoms in total. The third kappa shape index (κ3) is 7.70. The minimum atomic E-state index is 0.191. The Labute approximate surface area is 217 Å². The highest BCUT2D eigenvalue weighted by Gasteiger charge is 2.04. The molecule has 0 spiro atoms. The van der Waals surface area contributed by atoms with E-state index in [1.54, 1.807) is 36.7 Å². The van der Waals surface area contributed by atoms with Crippen LogP contribution < -0.4 is 9.47 Å². The van der Waals surface area contributed by atoms with Crippen molar-refractivity contribution in [3.05, 3.63) is 108 Å². The Morgan fingerprint density at radius 2 is 0.919 bits per heavy atom. The van der Waals surface area contributed by atoms with Crippen LogP contribution in [0.25, 0.3) is 0 Å². The van der Waals surface area contributed by atoms with Gasteiger partial charge in [0, 0.05) is 23.6 Å². The average molecular weight is 495 g/mol. The molecule has 0 fully saturated rings. The van der Waals surface area contributed by atoms with Crippen LogP contribution in [0.2, 0.25) is 0 Å². The van der Waals surface area contributed by atoms with E-state index in [9.17, 15) is 10.2 Å². The number of hydrogen-bond donors (Lipinski definition) is 2. The maximum atomic E-state index is 9.93. The van der Waals surface area contributed by atoms with Gasteiger partial charge in [-0.05, 0) is 67.8 Å². The number of aliphatic imine (C=N–C) groups is 2. The Balaban J connectivity index is 1.21. The van der Waals surface area contributed by atoms with Gasteiger partial charge in [0.1, 0.15) is 34.4 Å². The van der Waals surface area contributed by atoms with Gasteiger partial charge in [0.25, 0.3) is 0 Å². The van der Waals surface area contributed by atoms with Gasteiger partial charge in [-0.3, -0.25) is 9.98 Å². The molecular formula is C31H30N2O4. The Kier molecular flexibility index (Phi) is 9.30. The first-order valence-corrected chi connectivity index (χ1v) is 12.3. The molecular weight excluding hydrogens is 464 g/mol. The zero-order valence-corrected chi connectivity index (χ0v) is 20.5. The van der Waals surface area contributed by atoms with E-state index in [4.69, 9.17) is 9.47 Å². The Hall–Kier alpha value is -4.58. The summed E-state index contributed by atoms with van der Waals surface area (Å²) < 4.78 is 11.9. The Bertz CT molecular complexity index is 1250. The van der Waals surface area contributed by atoms with Crippen molar-refractivity contribution in [1.82, 2.24) is 0 Å². The molecule has 0 unspecified atom stereocenters. The molecule has 4 aromatic rings. The van der Waals surface area contributed by atoms with Crippen LogP contribution in [0.3, 0.4) is 0 Å². The topological polar surface area (TPSA) is 83.6 Å². The number of aromatic hydroxyl groups is 2. The molecule has 0 saturated carbocycles. The molecule has 6 heteroatoms. The van der Waals surface area contributed by atoms with Gasteiger partial charge < -0.3 is 19.7 Å². The van der Waals surface area contributed by atoms with Gasteiger partial charge in [-0.1, -0.05) is 48.5 Å². The van der Waals surface area contributed by atoms with Gasteiger partial charge in [0.15, 0.2) is 0 Å². The number of benzene rings is 4. The number of hydrogen-bond acceptors (Lipinski definition) is 6. The van der Waals surface area contributed by atoms with Crippen molar-refractivity contribution in [3.8, 4) is 23.0 Å². The second-order valence-electron chi connectivity index (χ2n) is 8.33. The lowest BCUT2D eigenvalue weighted by molar-refractivity contribution is 0.280. The van der Waals surface area contributed by atoms with Gasteiger partial charge >= 0.3 is 0 Å². The van der Waals surface area contributed by atoms with E-state index in [-0.39, 0.29) is 11.5 Å². The number of phenols is 2. The van der Waals surface area contributed by atoms with E-state index in [1.807, 2.05) is 72.8 Å². The van der Waals surface area contributed by atoms with Crippen molar-refractivity contribution >= 4 is 23.8 Å². The van der Waals surface area contributed by atoms with Gasteiger partial charge in [0.05, 0.1) is 13.2 Å². The number of unbranched alkanes of at least 4 members (excludes halogenated alkanes) is 2. The molecule has 0 bridgehead atoms. The molecule has 0 heterocycles. The largest absolute Gasteiger partial charge is 0.507 e. The van der Waals surface area contributed by atoms with Crippen LogP contribution in [0, 0.1) is 0 Å². The summed E-state index contributed by atoms with van der Waals surface area (Å²) in [5, 5.41) is 19.9. The summed E-state index contributed by atoms with van der Waals surface area (Å²) in [5.74, 6) is 1.80. The van der Waals surface area contributed by atoms with Crippen molar-refractivity contribution in [2.45, 2.75) is 19.3 Å². The van der Waals surface area contributed by atoms with Crippen molar-refractivity contribution in [2.75, 3.05) is 13.2 Å². The lowest BCUT2D eigenvalue weighted by atomic mass is 10.2.